The van der Waals surface area contributed by atoms with Crippen LogP contribution in [-0.2, 0) is 5.41 Å². The number of nitriles is 2. The number of fused-ring (bicyclic) bond motifs is 5. The van der Waals surface area contributed by atoms with Gasteiger partial charge in [-0.1, -0.05) is 110 Å². The number of rotatable bonds is 4. The van der Waals surface area contributed by atoms with Crippen molar-refractivity contribution in [3.8, 4) is 34.9 Å². The highest BCUT2D eigenvalue weighted by Crippen LogP contribution is 2.55. The van der Waals surface area contributed by atoms with Crippen molar-refractivity contribution >= 4 is 21.9 Å². The van der Waals surface area contributed by atoms with Gasteiger partial charge < -0.3 is 4.42 Å². The van der Waals surface area contributed by atoms with Gasteiger partial charge in [0.15, 0.2) is 17.5 Å². The summed E-state index contributed by atoms with van der Waals surface area (Å²) in [7, 11) is 0. The minimum atomic E-state index is -1.10. The van der Waals surface area contributed by atoms with Gasteiger partial charge in [-0.15, -0.1) is 0 Å². The molecular formula is C45H29N5O. The Balaban J connectivity index is 1.44. The molecule has 0 spiro atoms. The van der Waals surface area contributed by atoms with Crippen molar-refractivity contribution < 1.29 is 4.42 Å². The Labute approximate surface area is 295 Å². The Morgan fingerprint density at radius 1 is 0.608 bits per heavy atom. The molecule has 6 nitrogen and oxygen atoms in total. The Hall–Kier alpha value is -6.89. The van der Waals surface area contributed by atoms with Gasteiger partial charge in [0, 0.05) is 27.8 Å². The minimum absolute atomic E-state index is 0.124. The molecule has 2 aromatic heterocycles. The van der Waals surface area contributed by atoms with Gasteiger partial charge in [-0.25, -0.2) is 15.0 Å². The lowest BCUT2D eigenvalue weighted by Gasteiger charge is -2.43. The minimum Gasteiger partial charge on any atom is -0.456 e. The highest BCUT2D eigenvalue weighted by atomic mass is 16.3. The zero-order chi connectivity index (χ0) is 34.7. The third kappa shape index (κ3) is 4.51. The molecule has 0 saturated heterocycles. The second-order valence-corrected chi connectivity index (χ2v) is 13.1. The first-order valence-electron chi connectivity index (χ1n) is 16.9. The number of furan rings is 1. The van der Waals surface area contributed by atoms with Crippen molar-refractivity contribution in [3.05, 3.63) is 184 Å². The van der Waals surface area contributed by atoms with Crippen LogP contribution in [0.15, 0.2) is 138 Å². The van der Waals surface area contributed by atoms with Gasteiger partial charge in [0.05, 0.1) is 23.3 Å². The van der Waals surface area contributed by atoms with E-state index in [0.717, 1.165) is 66.4 Å². The molecule has 0 saturated carbocycles. The summed E-state index contributed by atoms with van der Waals surface area (Å²) in [5.74, 6) is 1.39. The summed E-state index contributed by atoms with van der Waals surface area (Å²) in [6, 6.07) is 49.0. The zero-order valence-electron chi connectivity index (χ0n) is 27.9. The van der Waals surface area contributed by atoms with Crippen LogP contribution in [0.25, 0.3) is 44.7 Å². The van der Waals surface area contributed by atoms with Crippen molar-refractivity contribution in [2.24, 2.45) is 0 Å². The number of aromatic nitrogens is 3. The van der Waals surface area contributed by atoms with E-state index < -0.39 is 5.41 Å². The largest absolute Gasteiger partial charge is 0.456 e. The fourth-order valence-corrected chi connectivity index (χ4v) is 8.00. The number of para-hydroxylation sites is 1. The topological polar surface area (TPSA) is 99.4 Å². The van der Waals surface area contributed by atoms with Gasteiger partial charge in [-0.05, 0) is 70.6 Å². The number of hydrogen-bond acceptors (Lipinski definition) is 6. The van der Waals surface area contributed by atoms with Crippen LogP contribution in [0.3, 0.4) is 0 Å². The lowest BCUT2D eigenvalue weighted by molar-refractivity contribution is 0.621. The maximum Gasteiger partial charge on any atom is 0.163 e. The Morgan fingerprint density at radius 3 is 2.08 bits per heavy atom. The number of nitrogens with zero attached hydrogens (tertiary/aromatic N) is 5. The normalized spacial score (nSPS) is 16.3. The maximum atomic E-state index is 10.6. The second kappa shape index (κ2) is 11.6. The highest BCUT2D eigenvalue weighted by Gasteiger charge is 2.50. The molecule has 0 radical (unpaired) electrons. The first kappa shape index (κ1) is 30.2. The average Bonchev–Trinajstić information content (AvgIpc) is 3.56. The van der Waals surface area contributed by atoms with Crippen LogP contribution in [0.5, 0.6) is 0 Å². The molecular weight excluding hydrogens is 627 g/mol. The van der Waals surface area contributed by atoms with E-state index >= 15 is 0 Å². The van der Waals surface area contributed by atoms with Crippen LogP contribution in [0.1, 0.15) is 63.2 Å². The molecule has 9 rings (SSSR count). The fraction of sp³-hybridized carbons (Fsp3) is 0.0889. The van der Waals surface area contributed by atoms with Gasteiger partial charge in [-0.2, -0.15) is 10.5 Å². The number of benzene rings is 6. The van der Waals surface area contributed by atoms with Crippen LogP contribution in [0.4, 0.5) is 0 Å². The van der Waals surface area contributed by atoms with Crippen molar-refractivity contribution in [2.45, 2.75) is 25.2 Å². The third-order valence-corrected chi connectivity index (χ3v) is 10.3. The molecule has 1 aliphatic carbocycles. The molecule has 6 aromatic carbocycles. The average molecular weight is 656 g/mol. The predicted octanol–water partition coefficient (Wildman–Crippen LogP) is 10.0. The Morgan fingerprint density at radius 2 is 1.29 bits per heavy atom. The van der Waals surface area contributed by atoms with Crippen molar-refractivity contribution in [1.29, 1.82) is 10.5 Å². The molecule has 6 heteroatoms. The summed E-state index contributed by atoms with van der Waals surface area (Å²) >= 11 is 0. The summed E-state index contributed by atoms with van der Waals surface area (Å²) in [5.41, 5.74) is 8.70. The van der Waals surface area contributed by atoms with E-state index in [0.29, 0.717) is 28.6 Å². The van der Waals surface area contributed by atoms with E-state index in [1.807, 2.05) is 91.0 Å². The molecule has 0 aliphatic heterocycles. The molecule has 0 N–H and O–H groups in total. The summed E-state index contributed by atoms with van der Waals surface area (Å²) in [5, 5.41) is 22.9. The Bertz CT molecular complexity index is 2770. The standard InChI is InChI=1S/C45H29N5O/c1-27-12-6-9-17-36(27)45(37-18-10-7-15-33(37)28(2)41-32(26-47)22-29(25-46)23-38(41)45)44-49-42(30-13-4-3-5-14-30)48-43(50-44)31-20-21-35-34-16-8-11-19-39(34)51-40(35)24-31/h3-24,28H,1-2H3. The van der Waals surface area contributed by atoms with E-state index in [2.05, 4.69) is 62.4 Å². The molecule has 0 fully saturated rings. The van der Waals surface area contributed by atoms with Crippen molar-refractivity contribution in [3.63, 3.8) is 0 Å². The first-order valence-corrected chi connectivity index (χ1v) is 16.9. The van der Waals surface area contributed by atoms with Crippen LogP contribution in [0, 0.1) is 29.6 Å². The van der Waals surface area contributed by atoms with Gasteiger partial charge in [-0.3, -0.25) is 0 Å². The molecule has 1 aliphatic rings. The molecule has 2 unspecified atom stereocenters. The van der Waals surface area contributed by atoms with Crippen LogP contribution >= 0.6 is 0 Å². The lowest BCUT2D eigenvalue weighted by atomic mass is 9.58. The number of hydrogen-bond donors (Lipinski definition) is 0. The fourth-order valence-electron chi connectivity index (χ4n) is 8.00. The summed E-state index contributed by atoms with van der Waals surface area (Å²) in [4.78, 5) is 15.9. The molecule has 2 heterocycles. The van der Waals surface area contributed by atoms with E-state index in [9.17, 15) is 10.5 Å². The van der Waals surface area contributed by atoms with E-state index in [1.165, 1.54) is 0 Å². The lowest BCUT2D eigenvalue weighted by Crippen LogP contribution is -2.40. The molecule has 8 aromatic rings. The molecule has 51 heavy (non-hydrogen) atoms. The van der Waals surface area contributed by atoms with Crippen molar-refractivity contribution in [1.82, 2.24) is 15.0 Å². The first-order chi connectivity index (χ1) is 25.0. The third-order valence-electron chi connectivity index (χ3n) is 10.3. The quantitative estimate of drug-likeness (QED) is 0.187. The van der Waals surface area contributed by atoms with Crippen LogP contribution < -0.4 is 0 Å². The maximum absolute atomic E-state index is 10.6. The molecule has 2 atom stereocenters. The zero-order valence-corrected chi connectivity index (χ0v) is 27.9. The monoisotopic (exact) mass is 655 g/mol. The van der Waals surface area contributed by atoms with Gasteiger partial charge in [0.1, 0.15) is 16.6 Å². The smallest absolute Gasteiger partial charge is 0.163 e. The van der Waals surface area contributed by atoms with E-state index in [-0.39, 0.29) is 5.92 Å². The summed E-state index contributed by atoms with van der Waals surface area (Å²) < 4.78 is 6.30. The SMILES string of the molecule is Cc1ccccc1C1(c2nc(-c3ccccc3)nc(-c3ccc4c(c3)oc3ccccc34)n2)c2ccccc2C(C)c2c(C#N)cc(C#N)cc21. The van der Waals surface area contributed by atoms with E-state index in [1.54, 1.807) is 6.07 Å². The number of aryl methyl sites for hydroxylation is 1. The van der Waals surface area contributed by atoms with Crippen LogP contribution in [-0.4, -0.2) is 15.0 Å². The summed E-state index contributed by atoms with van der Waals surface area (Å²) in [6.45, 7) is 4.22. The van der Waals surface area contributed by atoms with Crippen molar-refractivity contribution in [2.75, 3.05) is 0 Å². The van der Waals surface area contributed by atoms with Crippen LogP contribution in [0.2, 0.25) is 0 Å². The van der Waals surface area contributed by atoms with Gasteiger partial charge >= 0.3 is 0 Å². The molecule has 0 amide bonds. The summed E-state index contributed by atoms with van der Waals surface area (Å²) in [6.07, 6.45) is 0. The van der Waals surface area contributed by atoms with Gasteiger partial charge in [0.2, 0.25) is 0 Å². The molecule has 0 bridgehead atoms. The Kier molecular flexibility index (Phi) is 6.88. The van der Waals surface area contributed by atoms with Gasteiger partial charge in [0.25, 0.3) is 0 Å². The highest BCUT2D eigenvalue weighted by molar-refractivity contribution is 6.05. The second-order valence-electron chi connectivity index (χ2n) is 13.1. The van der Waals surface area contributed by atoms with E-state index in [4.69, 9.17) is 19.4 Å². The molecule has 240 valence electrons. The predicted molar refractivity (Wildman–Crippen MR) is 198 cm³/mol.